The molecule has 0 saturated heterocycles. The average Bonchev–Trinajstić information content (AvgIpc) is 1.86. The van der Waals surface area contributed by atoms with Crippen LogP contribution in [0.15, 0.2) is 24.3 Å². The number of benzene rings is 1. The van der Waals surface area contributed by atoms with Crippen molar-refractivity contribution in [2.75, 3.05) is 0 Å². The molecule has 0 nitrogen and oxygen atoms in total. The van der Waals surface area contributed by atoms with Gasteiger partial charge in [0.1, 0.15) is 0 Å². The van der Waals surface area contributed by atoms with Crippen LogP contribution in [0.4, 0.5) is 0 Å². The van der Waals surface area contributed by atoms with Crippen LogP contribution in [-0.2, 0) is 0 Å². The van der Waals surface area contributed by atoms with E-state index in [2.05, 4.69) is 31.8 Å². The Hall–Kier alpha value is -0.273. The predicted molar refractivity (Wildman–Crippen MR) is 54.4 cm³/mol. The van der Waals surface area contributed by atoms with Crippen LogP contribution in [0.25, 0.3) is 0 Å². The van der Waals surface area contributed by atoms with Gasteiger partial charge in [-0.2, -0.15) is 0 Å². The van der Waals surface area contributed by atoms with Gasteiger partial charge in [-0.15, -0.1) is 0 Å². The fraction of sp³-hybridized carbons (Fsp3) is 0.333. The minimum Gasteiger partial charge on any atom is -0.0845 e. The second-order valence-corrected chi connectivity index (χ2v) is 9.18. The maximum Gasteiger partial charge on any atom is 0.0795 e. The highest BCUT2D eigenvalue weighted by Gasteiger charge is 2.18. The molecule has 0 aliphatic rings. The van der Waals surface area contributed by atoms with Crippen LogP contribution in [-0.4, -0.2) is 8.07 Å². The summed E-state index contributed by atoms with van der Waals surface area (Å²) in [6.07, 6.45) is 0. The summed E-state index contributed by atoms with van der Waals surface area (Å²) in [6, 6.07) is 8.13. The van der Waals surface area contributed by atoms with E-state index < -0.39 is 8.07 Å². The molecule has 0 radical (unpaired) electrons. The Morgan fingerprint density at radius 2 is 1.64 bits per heavy atom. The molecule has 0 unspecified atom stereocenters. The van der Waals surface area contributed by atoms with Gasteiger partial charge in [0.2, 0.25) is 0 Å². The van der Waals surface area contributed by atoms with Gasteiger partial charge in [0, 0.05) is 5.02 Å². The van der Waals surface area contributed by atoms with E-state index in [0.717, 1.165) is 5.02 Å². The van der Waals surface area contributed by atoms with Crippen LogP contribution in [0.5, 0.6) is 0 Å². The molecule has 11 heavy (non-hydrogen) atoms. The second kappa shape index (κ2) is 3.00. The molecule has 1 aromatic rings. The molecule has 0 atom stereocenters. The van der Waals surface area contributed by atoms with Crippen molar-refractivity contribution in [3.63, 3.8) is 0 Å². The molecule has 2 heteroatoms. The Labute approximate surface area is 74.2 Å². The Bertz CT molecular complexity index is 250. The van der Waals surface area contributed by atoms with Gasteiger partial charge >= 0.3 is 0 Å². The lowest BCUT2D eigenvalue weighted by molar-refractivity contribution is 1.68. The lowest BCUT2D eigenvalue weighted by Gasteiger charge is -2.17. The molecule has 1 aromatic carbocycles. The van der Waals surface area contributed by atoms with Crippen molar-refractivity contribution in [3.05, 3.63) is 29.3 Å². The smallest absolute Gasteiger partial charge is 0.0795 e. The summed E-state index contributed by atoms with van der Waals surface area (Å²) in [5.74, 6) is 0. The first-order chi connectivity index (χ1) is 5.02. The fourth-order valence-corrected chi connectivity index (χ4v) is 3.45. The summed E-state index contributed by atoms with van der Waals surface area (Å²) in [5.41, 5.74) is 0. The van der Waals surface area contributed by atoms with E-state index in [4.69, 9.17) is 11.6 Å². The largest absolute Gasteiger partial charge is 0.0845 e. The first-order valence-electron chi connectivity index (χ1n) is 3.77. The van der Waals surface area contributed by atoms with E-state index in [1.165, 1.54) is 5.19 Å². The summed E-state index contributed by atoms with van der Waals surface area (Å²) < 4.78 is 0. The van der Waals surface area contributed by atoms with E-state index in [9.17, 15) is 0 Å². The molecule has 0 N–H and O–H groups in total. The highest BCUT2D eigenvalue weighted by molar-refractivity contribution is 6.90. The standard InChI is InChI=1S/C9H13ClSi/c1-11(2,3)9-7-5-4-6-8(9)10/h4-7H,1-3H3. The van der Waals surface area contributed by atoms with Crippen molar-refractivity contribution >= 4 is 24.9 Å². The van der Waals surface area contributed by atoms with Gasteiger partial charge in [0.05, 0.1) is 8.07 Å². The molecule has 0 aliphatic carbocycles. The monoisotopic (exact) mass is 184 g/mol. The zero-order valence-electron chi connectivity index (χ0n) is 7.19. The molecule has 0 fully saturated rings. The summed E-state index contributed by atoms with van der Waals surface area (Å²) in [6.45, 7) is 6.90. The van der Waals surface area contributed by atoms with E-state index in [0.29, 0.717) is 0 Å². The van der Waals surface area contributed by atoms with Crippen LogP contribution in [0, 0.1) is 0 Å². The molecule has 0 amide bonds. The molecular formula is C9H13ClSi. The molecule has 0 aromatic heterocycles. The van der Waals surface area contributed by atoms with Crippen molar-refractivity contribution < 1.29 is 0 Å². The fourth-order valence-electron chi connectivity index (χ4n) is 1.07. The summed E-state index contributed by atoms with van der Waals surface area (Å²) in [5, 5.41) is 2.27. The Morgan fingerprint density at radius 1 is 1.09 bits per heavy atom. The Kier molecular flexibility index (Phi) is 2.40. The maximum absolute atomic E-state index is 6.04. The van der Waals surface area contributed by atoms with Crippen molar-refractivity contribution in [1.82, 2.24) is 0 Å². The van der Waals surface area contributed by atoms with Crippen LogP contribution >= 0.6 is 11.6 Å². The number of halogens is 1. The van der Waals surface area contributed by atoms with Crippen molar-refractivity contribution in [3.8, 4) is 0 Å². The van der Waals surface area contributed by atoms with Crippen molar-refractivity contribution in [2.45, 2.75) is 19.6 Å². The van der Waals surface area contributed by atoms with Gasteiger partial charge in [-0.05, 0) is 11.3 Å². The van der Waals surface area contributed by atoms with Crippen LogP contribution in [0.3, 0.4) is 0 Å². The van der Waals surface area contributed by atoms with Gasteiger partial charge in [0.15, 0.2) is 0 Å². The molecule has 0 bridgehead atoms. The normalized spacial score (nSPS) is 11.6. The van der Waals surface area contributed by atoms with E-state index in [-0.39, 0.29) is 0 Å². The highest BCUT2D eigenvalue weighted by atomic mass is 35.5. The van der Waals surface area contributed by atoms with Gasteiger partial charge in [-0.3, -0.25) is 0 Å². The second-order valence-electron chi connectivity index (χ2n) is 3.73. The highest BCUT2D eigenvalue weighted by Crippen LogP contribution is 2.11. The molecule has 0 spiro atoms. The van der Waals surface area contributed by atoms with Crippen LogP contribution in [0.2, 0.25) is 24.7 Å². The summed E-state index contributed by atoms with van der Waals surface area (Å²) in [4.78, 5) is 0. The third kappa shape index (κ3) is 2.08. The summed E-state index contributed by atoms with van der Waals surface area (Å²) >= 11 is 6.04. The number of rotatable bonds is 1. The molecule has 0 heterocycles. The lowest BCUT2D eigenvalue weighted by Crippen LogP contribution is -2.38. The van der Waals surface area contributed by atoms with Gasteiger partial charge in [-0.1, -0.05) is 49.4 Å². The minimum absolute atomic E-state index is 0.923. The van der Waals surface area contributed by atoms with Crippen molar-refractivity contribution in [2.24, 2.45) is 0 Å². The first-order valence-corrected chi connectivity index (χ1v) is 7.64. The third-order valence-corrected chi connectivity index (χ3v) is 4.22. The van der Waals surface area contributed by atoms with Gasteiger partial charge in [0.25, 0.3) is 0 Å². The first kappa shape index (κ1) is 8.82. The van der Waals surface area contributed by atoms with E-state index in [1.54, 1.807) is 0 Å². The lowest BCUT2D eigenvalue weighted by atomic mass is 10.4. The molecule has 0 saturated carbocycles. The zero-order chi connectivity index (χ0) is 8.48. The molecule has 60 valence electrons. The predicted octanol–water partition coefficient (Wildman–Crippen LogP) is 2.89. The van der Waals surface area contributed by atoms with E-state index >= 15 is 0 Å². The topological polar surface area (TPSA) is 0 Å². The Morgan fingerprint density at radius 3 is 2.00 bits per heavy atom. The quantitative estimate of drug-likeness (QED) is 0.589. The average molecular weight is 185 g/mol. The van der Waals surface area contributed by atoms with Gasteiger partial charge < -0.3 is 0 Å². The molecule has 0 aliphatic heterocycles. The molecule has 1 rings (SSSR count). The minimum atomic E-state index is -1.21. The van der Waals surface area contributed by atoms with Crippen LogP contribution in [0.1, 0.15) is 0 Å². The number of hydrogen-bond acceptors (Lipinski definition) is 0. The third-order valence-electron chi connectivity index (χ3n) is 1.68. The van der Waals surface area contributed by atoms with E-state index in [1.807, 2.05) is 12.1 Å². The van der Waals surface area contributed by atoms with Crippen molar-refractivity contribution in [1.29, 1.82) is 0 Å². The Balaban J connectivity index is 3.14. The van der Waals surface area contributed by atoms with Gasteiger partial charge in [-0.25, -0.2) is 0 Å². The zero-order valence-corrected chi connectivity index (χ0v) is 8.94. The molecular weight excluding hydrogens is 172 g/mol. The SMILES string of the molecule is C[Si](C)(C)c1ccccc1Cl. The van der Waals surface area contributed by atoms with Crippen LogP contribution < -0.4 is 5.19 Å². The number of hydrogen-bond donors (Lipinski definition) is 0. The maximum atomic E-state index is 6.04. The summed E-state index contributed by atoms with van der Waals surface area (Å²) in [7, 11) is -1.21.